The fraction of sp³-hybridized carbons (Fsp3) is 0.375. The second-order valence-corrected chi connectivity index (χ2v) is 6.55. The van der Waals surface area contributed by atoms with Crippen molar-refractivity contribution in [2.24, 2.45) is 0 Å². The molecule has 0 spiro atoms. The number of carbonyl (C=O) groups is 1. The molecule has 1 aromatic carbocycles. The number of rotatable bonds is 5. The molecule has 0 aliphatic carbocycles. The SMILES string of the molecule is O=C(NCCN1CCOCC1)c1nc(-c2ccc(Cl)cc2)cs1. The van der Waals surface area contributed by atoms with Crippen LogP contribution in [0.15, 0.2) is 29.6 Å². The fourth-order valence-corrected chi connectivity index (χ4v) is 3.23. The number of morpholine rings is 1. The van der Waals surface area contributed by atoms with Crippen LogP contribution in [0.4, 0.5) is 0 Å². The number of hydrogen-bond donors (Lipinski definition) is 1. The Labute approximate surface area is 144 Å². The highest BCUT2D eigenvalue weighted by Crippen LogP contribution is 2.23. The van der Waals surface area contributed by atoms with Gasteiger partial charge >= 0.3 is 0 Å². The van der Waals surface area contributed by atoms with Gasteiger partial charge < -0.3 is 10.1 Å². The second-order valence-electron chi connectivity index (χ2n) is 5.25. The smallest absolute Gasteiger partial charge is 0.280 e. The Morgan fingerprint density at radius 1 is 1.30 bits per heavy atom. The molecule has 23 heavy (non-hydrogen) atoms. The molecule has 2 aromatic rings. The number of carbonyl (C=O) groups excluding carboxylic acids is 1. The van der Waals surface area contributed by atoms with Gasteiger partial charge in [-0.2, -0.15) is 0 Å². The number of thiazole rings is 1. The third-order valence-electron chi connectivity index (χ3n) is 3.66. The third kappa shape index (κ3) is 4.51. The van der Waals surface area contributed by atoms with Gasteiger partial charge in [0.1, 0.15) is 0 Å². The van der Waals surface area contributed by atoms with Crippen LogP contribution in [0.25, 0.3) is 11.3 Å². The van der Waals surface area contributed by atoms with Crippen molar-refractivity contribution in [2.75, 3.05) is 39.4 Å². The first-order chi connectivity index (χ1) is 11.2. The zero-order valence-corrected chi connectivity index (χ0v) is 14.2. The molecule has 0 unspecified atom stereocenters. The minimum atomic E-state index is -0.122. The van der Waals surface area contributed by atoms with E-state index in [9.17, 15) is 4.79 Å². The normalized spacial score (nSPS) is 15.5. The van der Waals surface area contributed by atoms with Crippen LogP contribution in [0.5, 0.6) is 0 Å². The summed E-state index contributed by atoms with van der Waals surface area (Å²) in [6.07, 6.45) is 0. The number of ether oxygens (including phenoxy) is 1. The van der Waals surface area contributed by atoms with Gasteiger partial charge in [0, 0.05) is 42.1 Å². The molecule has 0 saturated carbocycles. The molecule has 1 aromatic heterocycles. The summed E-state index contributed by atoms with van der Waals surface area (Å²) in [5.41, 5.74) is 1.75. The Kier molecular flexibility index (Phi) is 5.61. The Morgan fingerprint density at radius 3 is 2.78 bits per heavy atom. The highest BCUT2D eigenvalue weighted by molar-refractivity contribution is 7.12. The molecular weight excluding hydrogens is 334 g/mol. The van der Waals surface area contributed by atoms with E-state index in [1.165, 1.54) is 11.3 Å². The van der Waals surface area contributed by atoms with Crippen LogP contribution in [0.3, 0.4) is 0 Å². The van der Waals surface area contributed by atoms with Crippen molar-refractivity contribution in [2.45, 2.75) is 0 Å². The van der Waals surface area contributed by atoms with Crippen LogP contribution in [-0.2, 0) is 4.74 Å². The summed E-state index contributed by atoms with van der Waals surface area (Å²) in [6.45, 7) is 4.84. The summed E-state index contributed by atoms with van der Waals surface area (Å²) in [5, 5.41) is 5.98. The van der Waals surface area contributed by atoms with E-state index in [0.29, 0.717) is 16.6 Å². The van der Waals surface area contributed by atoms with Gasteiger partial charge in [-0.3, -0.25) is 9.69 Å². The van der Waals surface area contributed by atoms with E-state index in [1.54, 1.807) is 0 Å². The predicted molar refractivity (Wildman–Crippen MR) is 92.2 cm³/mol. The number of nitrogens with zero attached hydrogens (tertiary/aromatic N) is 2. The average molecular weight is 352 g/mol. The van der Waals surface area contributed by atoms with E-state index in [1.807, 2.05) is 29.6 Å². The lowest BCUT2D eigenvalue weighted by molar-refractivity contribution is 0.0383. The lowest BCUT2D eigenvalue weighted by atomic mass is 10.2. The largest absolute Gasteiger partial charge is 0.379 e. The van der Waals surface area contributed by atoms with E-state index in [0.717, 1.165) is 44.1 Å². The molecule has 1 aliphatic heterocycles. The molecule has 2 heterocycles. The fourth-order valence-electron chi connectivity index (χ4n) is 2.36. The van der Waals surface area contributed by atoms with E-state index in [4.69, 9.17) is 16.3 Å². The molecule has 3 rings (SSSR count). The molecule has 1 amide bonds. The number of benzene rings is 1. The van der Waals surface area contributed by atoms with Crippen molar-refractivity contribution in [3.8, 4) is 11.3 Å². The Bertz CT molecular complexity index is 654. The Morgan fingerprint density at radius 2 is 2.04 bits per heavy atom. The lowest BCUT2D eigenvalue weighted by Crippen LogP contribution is -2.41. The molecule has 0 bridgehead atoms. The van der Waals surface area contributed by atoms with Crippen molar-refractivity contribution < 1.29 is 9.53 Å². The van der Waals surface area contributed by atoms with E-state index < -0.39 is 0 Å². The predicted octanol–water partition coefficient (Wildman–Crippen LogP) is 2.53. The van der Waals surface area contributed by atoms with Crippen molar-refractivity contribution >= 4 is 28.8 Å². The van der Waals surface area contributed by atoms with Crippen LogP contribution in [-0.4, -0.2) is 55.2 Å². The molecule has 1 saturated heterocycles. The molecular formula is C16H18ClN3O2S. The summed E-state index contributed by atoms with van der Waals surface area (Å²) >= 11 is 7.24. The summed E-state index contributed by atoms with van der Waals surface area (Å²) < 4.78 is 5.30. The van der Waals surface area contributed by atoms with E-state index >= 15 is 0 Å². The maximum Gasteiger partial charge on any atom is 0.280 e. The zero-order chi connectivity index (χ0) is 16.1. The third-order valence-corrected chi connectivity index (χ3v) is 4.75. The Hall–Kier alpha value is -1.47. The van der Waals surface area contributed by atoms with Gasteiger partial charge in [0.15, 0.2) is 5.01 Å². The topological polar surface area (TPSA) is 54.5 Å². The summed E-state index contributed by atoms with van der Waals surface area (Å²) in [6, 6.07) is 7.44. The van der Waals surface area contributed by atoms with Crippen LogP contribution < -0.4 is 5.32 Å². The molecule has 122 valence electrons. The number of amides is 1. The maximum absolute atomic E-state index is 12.2. The Balaban J connectivity index is 1.52. The summed E-state index contributed by atoms with van der Waals surface area (Å²) in [5.74, 6) is -0.122. The number of hydrogen-bond acceptors (Lipinski definition) is 5. The molecule has 5 nitrogen and oxygen atoms in total. The first kappa shape index (κ1) is 16.4. The molecule has 1 fully saturated rings. The van der Waals surface area contributed by atoms with Gasteiger partial charge in [0.05, 0.1) is 18.9 Å². The van der Waals surface area contributed by atoms with Crippen LogP contribution in [0, 0.1) is 0 Å². The molecule has 0 atom stereocenters. The average Bonchev–Trinajstić information content (AvgIpc) is 3.06. The monoisotopic (exact) mass is 351 g/mol. The van der Waals surface area contributed by atoms with Crippen LogP contribution in [0.1, 0.15) is 9.80 Å². The van der Waals surface area contributed by atoms with Crippen molar-refractivity contribution in [3.05, 3.63) is 39.7 Å². The first-order valence-corrected chi connectivity index (χ1v) is 8.78. The molecule has 7 heteroatoms. The molecule has 1 N–H and O–H groups in total. The van der Waals surface area contributed by atoms with Crippen molar-refractivity contribution in [1.29, 1.82) is 0 Å². The quantitative estimate of drug-likeness (QED) is 0.899. The number of nitrogens with one attached hydrogen (secondary N) is 1. The standard InChI is InChI=1S/C16H18ClN3O2S/c17-13-3-1-12(2-4-13)14-11-23-16(19-14)15(21)18-5-6-20-7-9-22-10-8-20/h1-4,11H,5-10H2,(H,18,21). The van der Waals surface area contributed by atoms with Crippen LogP contribution in [0.2, 0.25) is 5.02 Å². The maximum atomic E-state index is 12.2. The second kappa shape index (κ2) is 7.88. The van der Waals surface area contributed by atoms with Gasteiger partial charge in [-0.15, -0.1) is 11.3 Å². The van der Waals surface area contributed by atoms with Gasteiger partial charge in [-0.05, 0) is 12.1 Å². The molecule has 1 aliphatic rings. The van der Waals surface area contributed by atoms with E-state index in [2.05, 4.69) is 15.2 Å². The molecule has 0 radical (unpaired) electrons. The summed E-state index contributed by atoms with van der Waals surface area (Å²) in [4.78, 5) is 18.8. The zero-order valence-electron chi connectivity index (χ0n) is 12.6. The van der Waals surface area contributed by atoms with Gasteiger partial charge in [0.25, 0.3) is 5.91 Å². The highest BCUT2D eigenvalue weighted by Gasteiger charge is 2.13. The van der Waals surface area contributed by atoms with Gasteiger partial charge in [-0.25, -0.2) is 4.98 Å². The minimum absolute atomic E-state index is 0.122. The highest BCUT2D eigenvalue weighted by atomic mass is 35.5. The first-order valence-electron chi connectivity index (χ1n) is 7.52. The lowest BCUT2D eigenvalue weighted by Gasteiger charge is -2.26. The van der Waals surface area contributed by atoms with Crippen molar-refractivity contribution in [1.82, 2.24) is 15.2 Å². The van der Waals surface area contributed by atoms with E-state index in [-0.39, 0.29) is 5.91 Å². The van der Waals surface area contributed by atoms with Gasteiger partial charge in [-0.1, -0.05) is 23.7 Å². The van der Waals surface area contributed by atoms with Gasteiger partial charge in [0.2, 0.25) is 0 Å². The van der Waals surface area contributed by atoms with Crippen LogP contribution >= 0.6 is 22.9 Å². The summed E-state index contributed by atoms with van der Waals surface area (Å²) in [7, 11) is 0. The number of halogens is 1. The number of aromatic nitrogens is 1. The minimum Gasteiger partial charge on any atom is -0.379 e. The van der Waals surface area contributed by atoms with Crippen molar-refractivity contribution in [3.63, 3.8) is 0 Å².